The van der Waals surface area contributed by atoms with Crippen molar-refractivity contribution in [1.29, 1.82) is 0 Å². The Balaban J connectivity index is 0.000000170. The fraction of sp³-hybridized carbons (Fsp3) is 0.227. The molecule has 0 saturated carbocycles. The van der Waals surface area contributed by atoms with E-state index in [0.29, 0.717) is 20.1 Å². The van der Waals surface area contributed by atoms with E-state index in [4.69, 9.17) is 0 Å². The Morgan fingerprint density at radius 2 is 0.923 bits per heavy atom. The van der Waals surface area contributed by atoms with Gasteiger partial charge in [0, 0.05) is 0 Å². The molecule has 6 nitrogen and oxygen atoms in total. The van der Waals surface area contributed by atoms with Crippen LogP contribution < -0.4 is 8.05 Å². The number of nitrogens with zero attached hydrogens (tertiary/aromatic N) is 2. The molecule has 8 heteroatoms. The minimum atomic E-state index is -1.18. The molecule has 2 aliphatic carbocycles. The van der Waals surface area contributed by atoms with E-state index < -0.39 is 41.1 Å². The van der Waals surface area contributed by atoms with Gasteiger partial charge in [0.15, 0.2) is 0 Å². The van der Waals surface area contributed by atoms with Crippen molar-refractivity contribution in [1.82, 2.24) is 17.8 Å². The third kappa shape index (κ3) is 10.3. The average molecular weight is 825 g/mol. The van der Waals surface area contributed by atoms with Gasteiger partial charge in [-0.2, -0.15) is 0 Å². The molecule has 4 aliphatic rings. The van der Waals surface area contributed by atoms with Gasteiger partial charge in [-0.3, -0.25) is 0 Å². The van der Waals surface area contributed by atoms with E-state index in [0.717, 1.165) is 0 Å². The molecule has 2 N–H and O–H groups in total. The summed E-state index contributed by atoms with van der Waals surface area (Å²) >= 11 is -1.91. The number of likely N-dealkylation sites (tertiary alicyclic amines) is 2. The summed E-state index contributed by atoms with van der Waals surface area (Å²) in [5.74, 6) is 0. The second-order valence-corrected chi connectivity index (χ2v) is 19.5. The molecule has 8 rings (SSSR count). The normalized spacial score (nSPS) is 18.3. The van der Waals surface area contributed by atoms with Crippen LogP contribution in [0.15, 0.2) is 133 Å². The van der Waals surface area contributed by atoms with Crippen LogP contribution in [0, 0.1) is 0 Å². The van der Waals surface area contributed by atoms with Crippen LogP contribution in [-0.2, 0) is 32.8 Å². The van der Waals surface area contributed by atoms with Crippen molar-refractivity contribution in [2.24, 2.45) is 0 Å². The third-order valence-electron chi connectivity index (χ3n) is 9.70. The zero-order valence-electron chi connectivity index (χ0n) is 29.7. The fourth-order valence-corrected chi connectivity index (χ4v) is 12.1. The van der Waals surface area contributed by atoms with E-state index in [1.807, 2.05) is 36.4 Å². The van der Waals surface area contributed by atoms with Crippen LogP contribution in [0.5, 0.6) is 0 Å². The molecule has 2 fully saturated rings. The summed E-state index contributed by atoms with van der Waals surface area (Å²) in [5, 5.41) is 0. The number of nitrogens with one attached hydrogen (secondary N) is 2. The Hall–Kier alpha value is -4.10. The number of hydrogen-bond donors (Lipinski definition) is 2. The summed E-state index contributed by atoms with van der Waals surface area (Å²) in [6.45, 7) is 4.96. The van der Waals surface area contributed by atoms with Gasteiger partial charge in [-0.15, -0.1) is 0 Å². The Kier molecular flexibility index (Phi) is 14.6. The molecule has 0 bridgehead atoms. The van der Waals surface area contributed by atoms with Crippen LogP contribution >= 0.6 is 0 Å². The van der Waals surface area contributed by atoms with Crippen molar-refractivity contribution in [2.75, 3.05) is 26.2 Å². The number of fused-ring (bicyclic) bond motifs is 2. The molecule has 2 aliphatic heterocycles. The molecule has 262 valence electrons. The second kappa shape index (κ2) is 20.2. The van der Waals surface area contributed by atoms with Gasteiger partial charge in [0.25, 0.3) is 0 Å². The Morgan fingerprint density at radius 1 is 0.538 bits per heavy atom. The van der Waals surface area contributed by atoms with Crippen LogP contribution in [0.2, 0.25) is 0 Å². The zero-order valence-corrected chi connectivity index (χ0v) is 35.2. The second-order valence-electron chi connectivity index (χ2n) is 13.1. The van der Waals surface area contributed by atoms with E-state index in [9.17, 15) is 9.59 Å². The first kappa shape index (κ1) is 37.6. The first-order chi connectivity index (χ1) is 25.7. The SMILES string of the molecule is C(C=Cc1ccccc1)=Cc1ccccc1.C1=C(N2CCCC2)c2ccccc2[CH]1[Zr][CH]1C=C(N2CCCC2)c2ccccc21.O=C[NH][GaH][NH]C=O. The molecule has 4 aromatic rings. The maximum atomic E-state index is 9.46. The molecule has 4 aromatic carbocycles. The predicted molar refractivity (Wildman–Crippen MR) is 212 cm³/mol. The number of amides is 2. The number of hydrogen-bond acceptors (Lipinski definition) is 4. The monoisotopic (exact) mass is 822 g/mol. The van der Waals surface area contributed by atoms with Crippen LogP contribution in [0.3, 0.4) is 0 Å². The quantitative estimate of drug-likeness (QED) is 0.0708. The first-order valence-corrected chi connectivity index (χ1v) is 24.2. The van der Waals surface area contributed by atoms with E-state index >= 15 is 0 Å². The number of carbonyl (C=O) groups is 2. The molecular formula is C44H47GaN4O2Zr. The number of rotatable bonds is 11. The van der Waals surface area contributed by atoms with Gasteiger partial charge in [-0.25, -0.2) is 0 Å². The van der Waals surface area contributed by atoms with Crippen molar-refractivity contribution < 1.29 is 32.8 Å². The summed E-state index contributed by atoms with van der Waals surface area (Å²) < 4.78 is 6.21. The van der Waals surface area contributed by atoms with Gasteiger partial charge in [0.2, 0.25) is 0 Å². The maximum absolute atomic E-state index is 9.46. The number of allylic oxidation sites excluding steroid dienone is 4. The molecule has 0 spiro atoms. The number of benzene rings is 4. The first-order valence-electron chi connectivity index (χ1n) is 18.4. The van der Waals surface area contributed by atoms with Gasteiger partial charge in [0.05, 0.1) is 0 Å². The Bertz CT molecular complexity index is 1730. The fourth-order valence-electron chi connectivity index (χ4n) is 7.22. The van der Waals surface area contributed by atoms with Gasteiger partial charge >= 0.3 is 235 Å². The minimum absolute atomic E-state index is 0.594. The van der Waals surface area contributed by atoms with Crippen molar-refractivity contribution in [3.63, 3.8) is 0 Å². The summed E-state index contributed by atoms with van der Waals surface area (Å²) in [5.41, 5.74) is 11.8. The molecule has 2 atom stereocenters. The van der Waals surface area contributed by atoms with Crippen molar-refractivity contribution >= 4 is 54.3 Å². The molecule has 2 saturated heterocycles. The summed E-state index contributed by atoms with van der Waals surface area (Å²) in [7, 11) is 0. The van der Waals surface area contributed by atoms with E-state index in [-0.39, 0.29) is 0 Å². The van der Waals surface area contributed by atoms with Crippen LogP contribution in [0.4, 0.5) is 0 Å². The van der Waals surface area contributed by atoms with Gasteiger partial charge in [-0.1, -0.05) is 85.0 Å². The number of carbonyl (C=O) groups excluding carboxylic acids is 2. The van der Waals surface area contributed by atoms with E-state index in [2.05, 4.69) is 127 Å². The molecule has 0 radical (unpaired) electrons. The molecule has 52 heavy (non-hydrogen) atoms. The standard InChI is InChI=1S/C16H14.2C13H14N.2CH3NO.Ga.Zr.H/c1-3-9-15(10-4-1)13-7-8-14-16-11-5-2-6-12-16;2*1-2-6-12-11(5-1)7-8-13(12)14-9-3-4-10-14;2*2-1-3;;;/h1-14H;2*1-2,5-8H,3-4,9-10H2;2*1H,(H2,2,3);;;/q;;;;;+2;;/p-2. The van der Waals surface area contributed by atoms with Crippen LogP contribution in [0.1, 0.15) is 66.3 Å². The summed E-state index contributed by atoms with van der Waals surface area (Å²) in [6, 6.07) is 39.1. The summed E-state index contributed by atoms with van der Waals surface area (Å²) in [4.78, 5) is 24.2. The summed E-state index contributed by atoms with van der Waals surface area (Å²) in [6.07, 6.45) is 20.2. The predicted octanol–water partition coefficient (Wildman–Crippen LogP) is 7.61. The molecular weight excluding hydrogens is 777 g/mol. The third-order valence-corrected chi connectivity index (χ3v) is 15.4. The van der Waals surface area contributed by atoms with Gasteiger partial charge in [-0.05, 0) is 11.1 Å². The van der Waals surface area contributed by atoms with E-state index in [1.165, 1.54) is 74.1 Å². The molecule has 2 unspecified atom stereocenters. The average Bonchev–Trinajstić information content (AvgIpc) is 4.03. The zero-order chi connectivity index (χ0) is 35.8. The van der Waals surface area contributed by atoms with Crippen molar-refractivity contribution in [3.05, 3.63) is 167 Å². The van der Waals surface area contributed by atoms with E-state index in [1.54, 1.807) is 22.5 Å². The van der Waals surface area contributed by atoms with Crippen molar-refractivity contribution in [2.45, 2.75) is 32.9 Å². The molecule has 2 amide bonds. The Labute approximate surface area is 328 Å². The van der Waals surface area contributed by atoms with Gasteiger partial charge < -0.3 is 0 Å². The molecule has 2 heterocycles. The van der Waals surface area contributed by atoms with Gasteiger partial charge in [0.1, 0.15) is 0 Å². The topological polar surface area (TPSA) is 64.7 Å². The Morgan fingerprint density at radius 3 is 1.33 bits per heavy atom. The van der Waals surface area contributed by atoms with Crippen molar-refractivity contribution in [3.8, 4) is 0 Å². The van der Waals surface area contributed by atoms with Crippen LogP contribution in [-0.4, -0.2) is 66.7 Å². The van der Waals surface area contributed by atoms with Crippen LogP contribution in [0.25, 0.3) is 23.5 Å². The molecule has 0 aromatic heterocycles.